The summed E-state index contributed by atoms with van der Waals surface area (Å²) in [6.45, 7) is 0.805. The maximum atomic E-state index is 12.7. The average molecular weight is 527 g/mol. The summed E-state index contributed by atoms with van der Waals surface area (Å²) < 4.78 is 11.7. The van der Waals surface area contributed by atoms with Gasteiger partial charge in [0.2, 0.25) is 0 Å². The molecule has 0 aliphatic rings. The van der Waals surface area contributed by atoms with Crippen molar-refractivity contribution in [2.75, 3.05) is 0 Å². The summed E-state index contributed by atoms with van der Waals surface area (Å²) in [5.41, 5.74) is 3.25. The monoisotopic (exact) mass is 526 g/mol. The van der Waals surface area contributed by atoms with Crippen LogP contribution in [-0.4, -0.2) is 10.9 Å². The van der Waals surface area contributed by atoms with Crippen LogP contribution in [0.4, 0.5) is 0 Å². The number of hydrogen-bond donors (Lipinski definition) is 1. The molecule has 0 fully saturated rings. The van der Waals surface area contributed by atoms with E-state index >= 15 is 0 Å². The largest absolute Gasteiger partial charge is 0.489 e. The highest BCUT2D eigenvalue weighted by Gasteiger charge is 2.12. The zero-order valence-electron chi connectivity index (χ0n) is 19.8. The molecule has 184 valence electrons. The number of nitrogens with one attached hydrogen (secondary N) is 1. The Balaban J connectivity index is 1.16. The van der Waals surface area contributed by atoms with Gasteiger partial charge in [-0.3, -0.25) is 4.79 Å². The maximum Gasteiger partial charge on any atom is 0.271 e. The lowest BCUT2D eigenvalue weighted by molar-refractivity contribution is 0.0946. The minimum Gasteiger partial charge on any atom is -0.489 e. The summed E-state index contributed by atoms with van der Waals surface area (Å²) >= 11 is 7.46. The predicted molar refractivity (Wildman–Crippen MR) is 147 cm³/mol. The molecule has 0 saturated heterocycles. The minimum atomic E-state index is -0.224. The Labute approximate surface area is 224 Å². The number of halogens is 1. The van der Waals surface area contributed by atoms with Gasteiger partial charge in [0.1, 0.15) is 34.6 Å². The molecule has 1 aromatic heterocycles. The van der Waals surface area contributed by atoms with Crippen LogP contribution in [-0.2, 0) is 13.2 Å². The van der Waals surface area contributed by atoms with Gasteiger partial charge in [0.15, 0.2) is 0 Å². The van der Waals surface area contributed by atoms with E-state index in [1.165, 1.54) is 11.3 Å². The lowest BCUT2D eigenvalue weighted by atomic mass is 10.2. The zero-order valence-corrected chi connectivity index (χ0v) is 21.3. The standard InChI is InChI=1S/C30H23ClN2O3S/c31-24-8-4-7-22(16-24)19-35-25-14-12-23(13-15-25)30-33-28(20-37-30)29(34)32-18-21-6-5-11-27(17-21)36-26-9-2-1-3-10-26/h1-17,20H,18-19H2,(H,32,34). The van der Waals surface area contributed by atoms with Gasteiger partial charge >= 0.3 is 0 Å². The van der Waals surface area contributed by atoms with E-state index in [0.717, 1.165) is 33.2 Å². The Hall–Kier alpha value is -4.13. The van der Waals surface area contributed by atoms with Crippen molar-refractivity contribution in [3.05, 3.63) is 130 Å². The van der Waals surface area contributed by atoms with Crippen molar-refractivity contribution in [1.82, 2.24) is 10.3 Å². The van der Waals surface area contributed by atoms with Gasteiger partial charge in [-0.2, -0.15) is 0 Å². The van der Waals surface area contributed by atoms with Crippen molar-refractivity contribution in [3.63, 3.8) is 0 Å². The predicted octanol–water partition coefficient (Wildman–Crippen LogP) is 7.76. The lowest BCUT2D eigenvalue weighted by Crippen LogP contribution is -2.23. The number of para-hydroxylation sites is 1. The van der Waals surface area contributed by atoms with E-state index in [1.54, 1.807) is 5.38 Å². The van der Waals surface area contributed by atoms with E-state index in [9.17, 15) is 4.79 Å². The van der Waals surface area contributed by atoms with Crippen LogP contribution in [0.15, 0.2) is 109 Å². The van der Waals surface area contributed by atoms with Gasteiger partial charge in [0, 0.05) is 22.5 Å². The highest BCUT2D eigenvalue weighted by molar-refractivity contribution is 7.13. The molecule has 1 N–H and O–H groups in total. The number of benzene rings is 4. The SMILES string of the molecule is O=C(NCc1cccc(Oc2ccccc2)c1)c1csc(-c2ccc(OCc3cccc(Cl)c3)cc2)n1. The molecule has 0 atom stereocenters. The van der Waals surface area contributed by atoms with Crippen LogP contribution in [0.25, 0.3) is 10.6 Å². The van der Waals surface area contributed by atoms with Crippen LogP contribution in [0.3, 0.4) is 0 Å². The molecule has 0 radical (unpaired) electrons. The van der Waals surface area contributed by atoms with Gasteiger partial charge in [-0.25, -0.2) is 4.98 Å². The summed E-state index contributed by atoms with van der Waals surface area (Å²) in [6.07, 6.45) is 0. The number of thiazole rings is 1. The van der Waals surface area contributed by atoms with Crippen molar-refractivity contribution in [2.24, 2.45) is 0 Å². The summed E-state index contributed by atoms with van der Waals surface area (Å²) in [5, 5.41) is 6.16. The Morgan fingerprint density at radius 2 is 1.57 bits per heavy atom. The molecular formula is C30H23ClN2O3S. The number of carbonyl (C=O) groups excluding carboxylic acids is 1. The molecule has 4 aromatic carbocycles. The fourth-order valence-electron chi connectivity index (χ4n) is 3.61. The molecule has 0 aliphatic heterocycles. The molecule has 0 saturated carbocycles. The third kappa shape index (κ3) is 6.76. The summed E-state index contributed by atoms with van der Waals surface area (Å²) in [7, 11) is 0. The Morgan fingerprint density at radius 3 is 2.38 bits per heavy atom. The van der Waals surface area contributed by atoms with Crippen LogP contribution in [0.5, 0.6) is 17.2 Å². The minimum absolute atomic E-state index is 0.224. The van der Waals surface area contributed by atoms with Gasteiger partial charge in [0.25, 0.3) is 5.91 Å². The van der Waals surface area contributed by atoms with Gasteiger partial charge in [0.05, 0.1) is 0 Å². The number of rotatable bonds is 9. The number of nitrogens with zero attached hydrogens (tertiary/aromatic N) is 1. The van der Waals surface area contributed by atoms with Crippen LogP contribution in [0.2, 0.25) is 5.02 Å². The van der Waals surface area contributed by atoms with Gasteiger partial charge in [-0.05, 0) is 71.8 Å². The van der Waals surface area contributed by atoms with Gasteiger partial charge in [-0.15, -0.1) is 11.3 Å². The second-order valence-electron chi connectivity index (χ2n) is 8.23. The number of ether oxygens (including phenoxy) is 2. The van der Waals surface area contributed by atoms with E-state index in [0.29, 0.717) is 29.6 Å². The molecule has 5 aromatic rings. The molecule has 0 bridgehead atoms. The first-order chi connectivity index (χ1) is 18.1. The first-order valence-corrected chi connectivity index (χ1v) is 12.9. The molecule has 0 aliphatic carbocycles. The highest BCUT2D eigenvalue weighted by atomic mass is 35.5. The Kier molecular flexibility index (Phi) is 7.79. The first-order valence-electron chi connectivity index (χ1n) is 11.7. The van der Waals surface area contributed by atoms with Crippen LogP contribution in [0.1, 0.15) is 21.6 Å². The van der Waals surface area contributed by atoms with Crippen molar-refractivity contribution in [2.45, 2.75) is 13.2 Å². The number of hydrogen-bond acceptors (Lipinski definition) is 5. The molecule has 1 amide bonds. The van der Waals surface area contributed by atoms with Crippen molar-refractivity contribution in [3.8, 4) is 27.8 Å². The van der Waals surface area contributed by atoms with Crippen LogP contribution < -0.4 is 14.8 Å². The molecular weight excluding hydrogens is 504 g/mol. The zero-order chi connectivity index (χ0) is 25.5. The number of carbonyl (C=O) groups is 1. The topological polar surface area (TPSA) is 60.5 Å². The molecule has 1 heterocycles. The first kappa shape index (κ1) is 24.6. The molecule has 5 rings (SSSR count). The van der Waals surface area contributed by atoms with Crippen molar-refractivity contribution < 1.29 is 14.3 Å². The highest BCUT2D eigenvalue weighted by Crippen LogP contribution is 2.27. The fourth-order valence-corrected chi connectivity index (χ4v) is 4.63. The third-order valence-electron chi connectivity index (χ3n) is 5.46. The Morgan fingerprint density at radius 1 is 0.811 bits per heavy atom. The smallest absolute Gasteiger partial charge is 0.271 e. The summed E-state index contributed by atoms with van der Waals surface area (Å²) in [4.78, 5) is 17.2. The van der Waals surface area contributed by atoms with E-state index in [2.05, 4.69) is 10.3 Å². The number of amides is 1. The maximum absolute atomic E-state index is 12.7. The molecule has 5 nitrogen and oxygen atoms in total. The van der Waals surface area contributed by atoms with E-state index in [-0.39, 0.29) is 5.91 Å². The molecule has 7 heteroatoms. The lowest BCUT2D eigenvalue weighted by Gasteiger charge is -2.08. The van der Waals surface area contributed by atoms with Crippen LogP contribution in [0, 0.1) is 0 Å². The fraction of sp³-hybridized carbons (Fsp3) is 0.0667. The molecule has 0 unspecified atom stereocenters. The molecule has 37 heavy (non-hydrogen) atoms. The summed E-state index contributed by atoms with van der Waals surface area (Å²) in [6, 6.07) is 32.5. The van der Waals surface area contributed by atoms with Gasteiger partial charge < -0.3 is 14.8 Å². The van der Waals surface area contributed by atoms with E-state index in [1.807, 2.05) is 103 Å². The second-order valence-corrected chi connectivity index (χ2v) is 9.52. The van der Waals surface area contributed by atoms with Crippen molar-refractivity contribution >= 4 is 28.8 Å². The summed E-state index contributed by atoms with van der Waals surface area (Å²) in [5.74, 6) is 2.00. The average Bonchev–Trinajstić information content (AvgIpc) is 3.42. The second kappa shape index (κ2) is 11.7. The molecule has 0 spiro atoms. The van der Waals surface area contributed by atoms with E-state index < -0.39 is 0 Å². The van der Waals surface area contributed by atoms with Crippen molar-refractivity contribution in [1.29, 1.82) is 0 Å². The quantitative estimate of drug-likeness (QED) is 0.213. The number of aromatic nitrogens is 1. The Bertz CT molecular complexity index is 1490. The van der Waals surface area contributed by atoms with Crippen LogP contribution >= 0.6 is 22.9 Å². The van der Waals surface area contributed by atoms with E-state index in [4.69, 9.17) is 21.1 Å². The normalized spacial score (nSPS) is 10.6. The van der Waals surface area contributed by atoms with Gasteiger partial charge in [-0.1, -0.05) is 54.1 Å². The third-order valence-corrected chi connectivity index (χ3v) is 6.59.